The van der Waals surface area contributed by atoms with Crippen molar-refractivity contribution in [1.82, 2.24) is 24.7 Å². The highest BCUT2D eigenvalue weighted by atomic mass is 35.5. The van der Waals surface area contributed by atoms with Crippen LogP contribution in [0.5, 0.6) is 0 Å². The van der Waals surface area contributed by atoms with Gasteiger partial charge in [-0.1, -0.05) is 53.0 Å². The molecule has 0 atom stereocenters. The molecule has 0 aliphatic rings. The number of aromatic amines is 1. The van der Waals surface area contributed by atoms with Gasteiger partial charge in [-0.15, -0.1) is 0 Å². The Morgan fingerprint density at radius 3 is 2.55 bits per heavy atom. The molecule has 0 bridgehead atoms. The topological polar surface area (TPSA) is 63.8 Å². The van der Waals surface area contributed by atoms with Crippen molar-refractivity contribution in [3.8, 4) is 11.4 Å². The quantitative estimate of drug-likeness (QED) is 0.288. The fourth-order valence-electron chi connectivity index (χ4n) is 3.28. The maximum absolute atomic E-state index is 6.35. The molecule has 0 amide bonds. The Hall–Kier alpha value is -2.74. The number of rotatable bonds is 5. The smallest absolute Gasteiger partial charge is 0.216 e. The lowest BCUT2D eigenvalue weighted by atomic mass is 10.1. The third-order valence-electron chi connectivity index (χ3n) is 5.02. The predicted octanol–water partition coefficient (Wildman–Crippen LogP) is 5.97. The van der Waals surface area contributed by atoms with Gasteiger partial charge in [0.1, 0.15) is 0 Å². The van der Waals surface area contributed by atoms with E-state index in [2.05, 4.69) is 51.6 Å². The second-order valence-electron chi connectivity index (χ2n) is 7.26. The fourth-order valence-corrected chi connectivity index (χ4v) is 3.95. The maximum atomic E-state index is 6.35. The number of H-pyrrole nitrogens is 1. The molecule has 2 aromatic heterocycles. The lowest BCUT2D eigenvalue weighted by Gasteiger charge is -2.06. The second kappa shape index (κ2) is 8.78. The normalized spacial score (nSPS) is 11.5. The molecular formula is C22H20Cl2N6S. The highest BCUT2D eigenvalue weighted by Gasteiger charge is 2.14. The first-order valence-corrected chi connectivity index (χ1v) is 10.8. The van der Waals surface area contributed by atoms with Gasteiger partial charge in [0, 0.05) is 21.8 Å². The van der Waals surface area contributed by atoms with Crippen LogP contribution in [0.2, 0.25) is 10.0 Å². The predicted molar refractivity (Wildman–Crippen MR) is 128 cm³/mol. The molecule has 31 heavy (non-hydrogen) atoms. The van der Waals surface area contributed by atoms with Crippen LogP contribution in [0, 0.1) is 25.5 Å². The lowest BCUT2D eigenvalue weighted by Crippen LogP contribution is -2.04. The van der Waals surface area contributed by atoms with E-state index in [0.717, 1.165) is 17.0 Å². The summed E-state index contributed by atoms with van der Waals surface area (Å²) in [5, 5.41) is 17.3. The molecular weight excluding hydrogens is 451 g/mol. The van der Waals surface area contributed by atoms with Crippen molar-refractivity contribution in [2.45, 2.75) is 27.3 Å². The van der Waals surface area contributed by atoms with Gasteiger partial charge in [0.25, 0.3) is 0 Å². The van der Waals surface area contributed by atoms with Gasteiger partial charge in [0.05, 0.1) is 23.5 Å². The van der Waals surface area contributed by atoms with Crippen LogP contribution in [0.1, 0.15) is 28.1 Å². The molecule has 9 heteroatoms. The molecule has 6 nitrogen and oxygen atoms in total. The van der Waals surface area contributed by atoms with Gasteiger partial charge in [-0.05, 0) is 56.8 Å². The van der Waals surface area contributed by atoms with Gasteiger partial charge in [-0.25, -0.2) is 5.10 Å². The zero-order chi connectivity index (χ0) is 22.1. The van der Waals surface area contributed by atoms with Gasteiger partial charge < -0.3 is 0 Å². The van der Waals surface area contributed by atoms with Gasteiger partial charge >= 0.3 is 0 Å². The van der Waals surface area contributed by atoms with Crippen LogP contribution in [0.15, 0.2) is 47.6 Å². The molecule has 0 unspecified atom stereocenters. The van der Waals surface area contributed by atoms with Crippen LogP contribution in [0.3, 0.4) is 0 Å². The molecule has 0 aliphatic heterocycles. The Kier molecular flexibility index (Phi) is 6.09. The molecule has 0 spiro atoms. The third-order valence-corrected chi connectivity index (χ3v) is 5.83. The van der Waals surface area contributed by atoms with Gasteiger partial charge in [-0.3, -0.25) is 4.68 Å². The van der Waals surface area contributed by atoms with Crippen LogP contribution < -0.4 is 0 Å². The Labute approximate surface area is 195 Å². The van der Waals surface area contributed by atoms with E-state index in [1.807, 2.05) is 18.5 Å². The number of hydrogen-bond acceptors (Lipinski definition) is 4. The summed E-state index contributed by atoms with van der Waals surface area (Å²) in [5.74, 6) is 0.505. The fraction of sp³-hybridized carbons (Fsp3) is 0.182. The average molecular weight is 471 g/mol. The summed E-state index contributed by atoms with van der Waals surface area (Å²) < 4.78 is 3.88. The minimum atomic E-state index is 0.361. The van der Waals surface area contributed by atoms with Gasteiger partial charge in [0.2, 0.25) is 4.77 Å². The Morgan fingerprint density at radius 1 is 1.10 bits per heavy atom. The standard InChI is InChI=1S/C22H20Cl2N6S/c1-13-4-6-16(7-5-13)12-29-15(3)19(14(2)28-29)11-25-30-21(26-27-22(30)31)18-9-8-17(23)10-20(18)24/h4-11H,12H2,1-3H3,(H,27,31)/b25-11+. The summed E-state index contributed by atoms with van der Waals surface area (Å²) in [6.07, 6.45) is 1.75. The van der Waals surface area contributed by atoms with Gasteiger partial charge in [0.15, 0.2) is 5.82 Å². The van der Waals surface area contributed by atoms with Crippen molar-refractivity contribution in [2.24, 2.45) is 5.10 Å². The largest absolute Gasteiger partial charge is 0.265 e. The van der Waals surface area contributed by atoms with Crippen LogP contribution in [0.25, 0.3) is 11.4 Å². The highest BCUT2D eigenvalue weighted by Crippen LogP contribution is 2.29. The molecule has 0 aliphatic carbocycles. The van der Waals surface area contributed by atoms with Crippen LogP contribution in [-0.2, 0) is 6.54 Å². The van der Waals surface area contributed by atoms with Crippen LogP contribution in [-0.4, -0.2) is 30.9 Å². The Bertz CT molecular complexity index is 1330. The molecule has 2 heterocycles. The van der Waals surface area contributed by atoms with Crippen molar-refractivity contribution < 1.29 is 0 Å². The van der Waals surface area contributed by atoms with E-state index in [4.69, 9.17) is 35.4 Å². The summed E-state index contributed by atoms with van der Waals surface area (Å²) in [6.45, 7) is 6.76. The minimum Gasteiger partial charge on any atom is -0.265 e. The van der Waals surface area contributed by atoms with Gasteiger partial charge in [-0.2, -0.15) is 20.0 Å². The lowest BCUT2D eigenvalue weighted by molar-refractivity contribution is 0.659. The molecule has 1 N–H and O–H groups in total. The van der Waals surface area contributed by atoms with Crippen molar-refractivity contribution in [3.63, 3.8) is 0 Å². The van der Waals surface area contributed by atoms with E-state index in [1.54, 1.807) is 29.1 Å². The zero-order valence-corrected chi connectivity index (χ0v) is 19.6. The number of nitrogens with one attached hydrogen (secondary N) is 1. The number of benzene rings is 2. The molecule has 158 valence electrons. The summed E-state index contributed by atoms with van der Waals surface area (Å²) in [5.41, 5.74) is 5.94. The molecule has 0 radical (unpaired) electrons. The Balaban J connectivity index is 1.67. The number of hydrogen-bond donors (Lipinski definition) is 1. The van der Waals surface area contributed by atoms with E-state index in [-0.39, 0.29) is 0 Å². The average Bonchev–Trinajstić information content (AvgIpc) is 3.21. The monoisotopic (exact) mass is 470 g/mol. The number of aromatic nitrogens is 5. The van der Waals surface area contributed by atoms with E-state index >= 15 is 0 Å². The minimum absolute atomic E-state index is 0.361. The van der Waals surface area contributed by atoms with E-state index < -0.39 is 0 Å². The molecule has 4 aromatic rings. The number of aryl methyl sites for hydroxylation is 2. The van der Waals surface area contributed by atoms with Crippen LogP contribution >= 0.6 is 35.4 Å². The SMILES string of the molecule is Cc1ccc(Cn2nc(C)c(/C=N/n3c(-c4ccc(Cl)cc4Cl)n[nH]c3=S)c2C)cc1. The first kappa shape index (κ1) is 21.5. The third kappa shape index (κ3) is 4.49. The van der Waals surface area contributed by atoms with Crippen LogP contribution in [0.4, 0.5) is 0 Å². The molecule has 0 fully saturated rings. The highest BCUT2D eigenvalue weighted by molar-refractivity contribution is 7.71. The van der Waals surface area contributed by atoms with Crippen molar-refractivity contribution >= 4 is 41.6 Å². The second-order valence-corrected chi connectivity index (χ2v) is 8.49. The first-order valence-electron chi connectivity index (χ1n) is 9.60. The summed E-state index contributed by atoms with van der Waals surface area (Å²) >= 11 is 17.7. The zero-order valence-electron chi connectivity index (χ0n) is 17.2. The van der Waals surface area contributed by atoms with E-state index in [1.165, 1.54) is 11.1 Å². The molecule has 0 saturated heterocycles. The Morgan fingerprint density at radius 2 is 1.84 bits per heavy atom. The van der Waals surface area contributed by atoms with Crippen molar-refractivity contribution in [3.05, 3.63) is 85.4 Å². The first-order chi connectivity index (χ1) is 14.8. The maximum Gasteiger partial charge on any atom is 0.216 e. The van der Waals surface area contributed by atoms with Crippen molar-refractivity contribution in [1.29, 1.82) is 0 Å². The van der Waals surface area contributed by atoms with Crippen molar-refractivity contribution in [2.75, 3.05) is 0 Å². The molecule has 2 aromatic carbocycles. The number of halogens is 2. The molecule has 0 saturated carbocycles. The van der Waals surface area contributed by atoms with E-state index in [9.17, 15) is 0 Å². The molecule has 4 rings (SSSR count). The summed E-state index contributed by atoms with van der Waals surface area (Å²) in [4.78, 5) is 0. The van der Waals surface area contributed by atoms with E-state index in [0.29, 0.717) is 32.7 Å². The summed E-state index contributed by atoms with van der Waals surface area (Å²) in [6, 6.07) is 13.6. The number of nitrogens with zero attached hydrogens (tertiary/aromatic N) is 5. The summed E-state index contributed by atoms with van der Waals surface area (Å²) in [7, 11) is 0.